The molecule has 10 heteroatoms. The summed E-state index contributed by atoms with van der Waals surface area (Å²) >= 11 is 6.80. The van der Waals surface area contributed by atoms with E-state index in [1.807, 2.05) is 0 Å². The fraction of sp³-hybridized carbons (Fsp3) is 0.375. The van der Waals surface area contributed by atoms with Gasteiger partial charge in [0, 0.05) is 11.8 Å². The Balaban J connectivity index is 3.45. The van der Waals surface area contributed by atoms with Crippen molar-refractivity contribution in [3.8, 4) is 5.75 Å². The van der Waals surface area contributed by atoms with Crippen LogP contribution in [0.25, 0.3) is 0 Å². The topological polar surface area (TPSA) is 22.1 Å². The molecule has 0 unspecified atom stereocenters. The molecule has 1 aromatic heterocycles. The number of hydrogen-bond donors (Lipinski definition) is 0. The van der Waals surface area contributed by atoms with Crippen LogP contribution >= 0.6 is 34.2 Å². The van der Waals surface area contributed by atoms with Crippen LogP contribution in [0.2, 0.25) is 0 Å². The predicted octanol–water partition coefficient (Wildman–Crippen LogP) is 4.34. The van der Waals surface area contributed by atoms with Crippen LogP contribution in [0.5, 0.6) is 5.75 Å². The number of ether oxygens (including phenoxy) is 1. The molecule has 0 aromatic carbocycles. The molecule has 0 saturated heterocycles. The number of halogens is 8. The molecule has 0 fully saturated rings. The Bertz CT molecular complexity index is 446. The third-order valence-electron chi connectivity index (χ3n) is 1.73. The van der Waals surface area contributed by atoms with Gasteiger partial charge >= 0.3 is 12.5 Å². The summed E-state index contributed by atoms with van der Waals surface area (Å²) in [5, 5.41) is 0. The molecule has 18 heavy (non-hydrogen) atoms. The average molecular weight is 405 g/mol. The Kier molecular flexibility index (Phi) is 4.57. The average Bonchev–Trinajstić information content (AvgIpc) is 2.13. The summed E-state index contributed by atoms with van der Waals surface area (Å²) in [4.78, 5) is 3.34. The van der Waals surface area contributed by atoms with Gasteiger partial charge in [0.25, 0.3) is 0 Å². The highest BCUT2D eigenvalue weighted by Crippen LogP contribution is 2.41. The number of hydrogen-bond acceptors (Lipinski definition) is 2. The second-order valence-corrected chi connectivity index (χ2v) is 4.24. The minimum Gasteiger partial charge on any atom is -0.405 e. The summed E-state index contributed by atoms with van der Waals surface area (Å²) in [6.45, 7) is 0. The summed E-state index contributed by atoms with van der Waals surface area (Å²) in [6, 6.07) is 0. The number of nitrogens with zero attached hydrogens (tertiary/aromatic N) is 1. The zero-order valence-corrected chi connectivity index (χ0v) is 11.1. The highest BCUT2D eigenvalue weighted by atomic mass is 127. The molecule has 0 aliphatic rings. The third kappa shape index (κ3) is 3.77. The molecular weight excluding hydrogens is 402 g/mol. The van der Waals surface area contributed by atoms with E-state index in [1.54, 1.807) is 0 Å². The fourth-order valence-corrected chi connectivity index (χ4v) is 2.11. The lowest BCUT2D eigenvalue weighted by Gasteiger charge is -2.18. The van der Waals surface area contributed by atoms with Crippen LogP contribution in [0, 0.1) is 3.70 Å². The summed E-state index contributed by atoms with van der Waals surface area (Å²) in [5.74, 6) is -1.94. The molecule has 0 spiro atoms. The van der Waals surface area contributed by atoms with Gasteiger partial charge < -0.3 is 4.74 Å². The second kappa shape index (κ2) is 5.27. The molecule has 1 heterocycles. The van der Waals surface area contributed by atoms with Crippen molar-refractivity contribution in [2.24, 2.45) is 0 Å². The van der Waals surface area contributed by atoms with E-state index >= 15 is 0 Å². The molecule has 0 aliphatic heterocycles. The molecule has 0 radical (unpaired) electrons. The van der Waals surface area contributed by atoms with Crippen molar-refractivity contribution in [3.05, 3.63) is 21.0 Å². The van der Waals surface area contributed by atoms with Gasteiger partial charge in [-0.05, 0) is 22.6 Å². The van der Waals surface area contributed by atoms with Gasteiger partial charge in [0.2, 0.25) is 0 Å². The third-order valence-corrected chi connectivity index (χ3v) is 2.93. The molecule has 1 aromatic rings. The van der Waals surface area contributed by atoms with Gasteiger partial charge in [-0.2, -0.15) is 13.2 Å². The lowest BCUT2D eigenvalue weighted by molar-refractivity contribution is -0.276. The predicted molar refractivity (Wildman–Crippen MR) is 58.2 cm³/mol. The van der Waals surface area contributed by atoms with Gasteiger partial charge in [-0.3, -0.25) is 0 Å². The second-order valence-electron chi connectivity index (χ2n) is 2.95. The Hall–Kier alpha value is -0.450. The van der Waals surface area contributed by atoms with Crippen molar-refractivity contribution >= 4 is 34.2 Å². The highest BCUT2D eigenvalue weighted by molar-refractivity contribution is 14.1. The van der Waals surface area contributed by atoms with E-state index in [2.05, 4.69) is 9.72 Å². The number of pyridine rings is 1. The van der Waals surface area contributed by atoms with Crippen LogP contribution in [0.4, 0.5) is 26.3 Å². The molecule has 0 bridgehead atoms. The summed E-state index contributed by atoms with van der Waals surface area (Å²) in [6.07, 6.45) is -9.98. The van der Waals surface area contributed by atoms with E-state index in [9.17, 15) is 26.3 Å². The van der Waals surface area contributed by atoms with E-state index < -0.39 is 35.3 Å². The van der Waals surface area contributed by atoms with E-state index in [0.717, 1.165) is 0 Å². The number of rotatable bonds is 2. The maximum absolute atomic E-state index is 12.5. The Morgan fingerprint density at radius 3 is 2.17 bits per heavy atom. The Morgan fingerprint density at radius 1 is 1.22 bits per heavy atom. The van der Waals surface area contributed by atoms with Gasteiger partial charge in [0.1, 0.15) is 15.0 Å². The maximum Gasteiger partial charge on any atom is 0.573 e. The molecule has 0 amide bonds. The summed E-state index contributed by atoms with van der Waals surface area (Å²) in [5.41, 5.74) is -2.07. The van der Waals surface area contributed by atoms with Crippen molar-refractivity contribution in [1.29, 1.82) is 0 Å². The molecule has 2 nitrogen and oxygen atoms in total. The molecule has 0 aliphatic carbocycles. The summed E-state index contributed by atoms with van der Waals surface area (Å²) < 4.78 is 77.2. The number of aromatic nitrogens is 1. The van der Waals surface area contributed by atoms with Crippen LogP contribution < -0.4 is 4.74 Å². The van der Waals surface area contributed by atoms with Crippen LogP contribution in [0.1, 0.15) is 11.1 Å². The van der Waals surface area contributed by atoms with E-state index in [-0.39, 0.29) is 9.90 Å². The molecular formula is C8H3ClF6INO. The molecule has 0 saturated carbocycles. The van der Waals surface area contributed by atoms with Gasteiger partial charge in [-0.25, -0.2) is 4.98 Å². The van der Waals surface area contributed by atoms with Crippen molar-refractivity contribution < 1.29 is 31.1 Å². The summed E-state index contributed by atoms with van der Waals surface area (Å²) in [7, 11) is 0. The monoisotopic (exact) mass is 405 g/mol. The molecule has 0 atom stereocenters. The fourth-order valence-electron chi connectivity index (χ4n) is 1.06. The minimum atomic E-state index is -5.24. The van der Waals surface area contributed by atoms with E-state index in [1.165, 1.54) is 22.6 Å². The van der Waals surface area contributed by atoms with Gasteiger partial charge in [0.05, 0.1) is 5.88 Å². The van der Waals surface area contributed by atoms with Gasteiger partial charge in [0.15, 0.2) is 0 Å². The van der Waals surface area contributed by atoms with Crippen LogP contribution in [-0.2, 0) is 12.1 Å². The maximum atomic E-state index is 12.5. The highest BCUT2D eigenvalue weighted by Gasteiger charge is 2.41. The first-order valence-corrected chi connectivity index (χ1v) is 5.74. The van der Waals surface area contributed by atoms with Crippen LogP contribution in [0.15, 0.2) is 6.20 Å². The first-order valence-electron chi connectivity index (χ1n) is 4.12. The Morgan fingerprint density at radius 2 is 1.78 bits per heavy atom. The quantitative estimate of drug-likeness (QED) is 0.316. The molecule has 1 rings (SSSR count). The van der Waals surface area contributed by atoms with Crippen LogP contribution in [0.3, 0.4) is 0 Å². The smallest absolute Gasteiger partial charge is 0.405 e. The standard InChI is InChI=1S/C8H3ClF6INO/c9-1-3-5(18-8(13,14)15)4(7(10,11)12)2-17-6(3)16/h2H,1H2. The lowest BCUT2D eigenvalue weighted by Crippen LogP contribution is -2.22. The van der Waals surface area contributed by atoms with Crippen molar-refractivity contribution in [2.75, 3.05) is 0 Å². The van der Waals surface area contributed by atoms with Crippen molar-refractivity contribution in [3.63, 3.8) is 0 Å². The number of alkyl halides is 7. The van der Waals surface area contributed by atoms with Crippen molar-refractivity contribution in [2.45, 2.75) is 18.4 Å². The molecule has 0 N–H and O–H groups in total. The van der Waals surface area contributed by atoms with Crippen LogP contribution in [-0.4, -0.2) is 11.3 Å². The van der Waals surface area contributed by atoms with Gasteiger partial charge in [-0.1, -0.05) is 0 Å². The van der Waals surface area contributed by atoms with E-state index in [4.69, 9.17) is 11.6 Å². The zero-order chi connectivity index (χ0) is 14.1. The first kappa shape index (κ1) is 15.6. The van der Waals surface area contributed by atoms with Crippen molar-refractivity contribution in [1.82, 2.24) is 4.98 Å². The minimum absolute atomic E-state index is 0.0881. The van der Waals surface area contributed by atoms with E-state index in [0.29, 0.717) is 0 Å². The zero-order valence-electron chi connectivity index (χ0n) is 8.16. The molecule has 102 valence electrons. The lowest BCUT2D eigenvalue weighted by atomic mass is 10.2. The largest absolute Gasteiger partial charge is 0.573 e. The van der Waals surface area contributed by atoms with Gasteiger partial charge in [-0.15, -0.1) is 24.8 Å². The SMILES string of the molecule is FC(F)(F)Oc1c(C(F)(F)F)cnc(I)c1CCl. The Labute approximate surface area is 115 Å². The first-order chi connectivity index (χ1) is 8.06. The normalized spacial score (nSPS) is 12.7.